The highest BCUT2D eigenvalue weighted by molar-refractivity contribution is 6.31. The second-order valence-corrected chi connectivity index (χ2v) is 9.14. The minimum atomic E-state index is -0.685. The van der Waals surface area contributed by atoms with Crippen LogP contribution in [0.1, 0.15) is 37.0 Å². The Balaban J connectivity index is 1.89. The van der Waals surface area contributed by atoms with Crippen molar-refractivity contribution in [3.8, 4) is 5.75 Å². The number of halogens is 1. The van der Waals surface area contributed by atoms with Gasteiger partial charge in [-0.05, 0) is 55.2 Å². The second-order valence-electron chi connectivity index (χ2n) is 8.73. The van der Waals surface area contributed by atoms with Gasteiger partial charge in [0, 0.05) is 24.0 Å². The summed E-state index contributed by atoms with van der Waals surface area (Å²) < 4.78 is 5.82. The molecule has 0 saturated heterocycles. The quantitative estimate of drug-likeness (QED) is 0.380. The van der Waals surface area contributed by atoms with Crippen LogP contribution in [-0.2, 0) is 22.6 Å². The molecule has 0 aliphatic rings. The molecule has 0 aromatic heterocycles. The van der Waals surface area contributed by atoms with E-state index in [9.17, 15) is 9.59 Å². The Hall–Kier alpha value is -3.31. The van der Waals surface area contributed by atoms with Crippen molar-refractivity contribution in [2.24, 2.45) is 0 Å². The van der Waals surface area contributed by atoms with Gasteiger partial charge in [-0.1, -0.05) is 79.2 Å². The first-order chi connectivity index (χ1) is 16.9. The van der Waals surface area contributed by atoms with Crippen molar-refractivity contribution in [3.63, 3.8) is 0 Å². The summed E-state index contributed by atoms with van der Waals surface area (Å²) in [4.78, 5) is 28.6. The van der Waals surface area contributed by atoms with Gasteiger partial charge in [0.05, 0.1) is 0 Å². The highest BCUT2D eigenvalue weighted by Gasteiger charge is 2.31. The minimum Gasteiger partial charge on any atom is -0.484 e. The van der Waals surface area contributed by atoms with E-state index in [4.69, 9.17) is 16.3 Å². The van der Waals surface area contributed by atoms with Crippen molar-refractivity contribution in [1.82, 2.24) is 10.2 Å². The van der Waals surface area contributed by atoms with Crippen LogP contribution in [0.15, 0.2) is 78.9 Å². The molecular weight excluding hydrogens is 460 g/mol. The Bertz CT molecular complexity index is 1110. The first-order valence-electron chi connectivity index (χ1n) is 11.9. The van der Waals surface area contributed by atoms with Crippen molar-refractivity contribution in [1.29, 1.82) is 0 Å². The first-order valence-corrected chi connectivity index (χ1v) is 12.3. The molecule has 0 spiro atoms. The lowest BCUT2D eigenvalue weighted by atomic mass is 10.0. The molecule has 0 bridgehead atoms. The van der Waals surface area contributed by atoms with Gasteiger partial charge < -0.3 is 15.0 Å². The molecule has 184 valence electrons. The van der Waals surface area contributed by atoms with Gasteiger partial charge in [0.1, 0.15) is 11.8 Å². The molecular formula is C29H33ClN2O3. The van der Waals surface area contributed by atoms with E-state index in [1.165, 1.54) is 0 Å². The standard InChI is InChI=1S/C29H33ClN2O3/c1-4-22(3)31-29(34)27(18-23-11-7-5-8-12-23)32(19-24-13-9-6-10-14-24)28(33)20-35-25-15-16-26(30)21(2)17-25/h5-17,22,27H,4,18-20H2,1-3H3,(H,31,34)/t22-,27+/m0/s1. The van der Waals surface area contributed by atoms with Crippen LogP contribution in [0, 0.1) is 6.92 Å². The number of aryl methyl sites for hydroxylation is 1. The summed E-state index contributed by atoms with van der Waals surface area (Å²) in [6.45, 7) is 5.98. The Morgan fingerprint density at radius 2 is 1.60 bits per heavy atom. The third-order valence-corrected chi connectivity index (χ3v) is 6.38. The molecule has 0 fully saturated rings. The van der Waals surface area contributed by atoms with E-state index in [0.717, 1.165) is 23.1 Å². The topological polar surface area (TPSA) is 58.6 Å². The molecule has 5 nitrogen and oxygen atoms in total. The van der Waals surface area contributed by atoms with Gasteiger partial charge in [0.25, 0.3) is 5.91 Å². The zero-order valence-electron chi connectivity index (χ0n) is 20.5. The summed E-state index contributed by atoms with van der Waals surface area (Å²) in [5.74, 6) is 0.125. The van der Waals surface area contributed by atoms with Crippen molar-refractivity contribution in [2.75, 3.05) is 6.61 Å². The number of hydrogen-bond acceptors (Lipinski definition) is 3. The Labute approximate surface area is 213 Å². The molecule has 1 N–H and O–H groups in total. The summed E-state index contributed by atoms with van der Waals surface area (Å²) in [5, 5.41) is 3.71. The average Bonchev–Trinajstić information content (AvgIpc) is 2.87. The molecule has 35 heavy (non-hydrogen) atoms. The number of hydrogen-bond donors (Lipinski definition) is 1. The molecule has 3 aromatic rings. The zero-order valence-corrected chi connectivity index (χ0v) is 21.3. The zero-order chi connectivity index (χ0) is 25.2. The van der Waals surface area contributed by atoms with E-state index in [2.05, 4.69) is 5.32 Å². The monoisotopic (exact) mass is 492 g/mol. The summed E-state index contributed by atoms with van der Waals surface area (Å²) >= 11 is 6.12. The summed E-state index contributed by atoms with van der Waals surface area (Å²) in [6.07, 6.45) is 1.21. The van der Waals surface area contributed by atoms with Gasteiger partial charge in [0.15, 0.2) is 6.61 Å². The molecule has 0 radical (unpaired) electrons. The number of nitrogens with one attached hydrogen (secondary N) is 1. The molecule has 0 aliphatic heterocycles. The van der Waals surface area contributed by atoms with Gasteiger partial charge >= 0.3 is 0 Å². The van der Waals surface area contributed by atoms with Crippen molar-refractivity contribution in [2.45, 2.75) is 52.2 Å². The Morgan fingerprint density at radius 1 is 0.971 bits per heavy atom. The van der Waals surface area contributed by atoms with E-state index in [1.54, 1.807) is 23.1 Å². The van der Waals surface area contributed by atoms with Crippen molar-refractivity contribution >= 4 is 23.4 Å². The lowest BCUT2D eigenvalue weighted by molar-refractivity contribution is -0.143. The van der Waals surface area contributed by atoms with Crippen LogP contribution in [-0.4, -0.2) is 35.4 Å². The molecule has 0 heterocycles. The number of ether oxygens (including phenoxy) is 1. The number of benzene rings is 3. The molecule has 6 heteroatoms. The number of carbonyl (C=O) groups excluding carboxylic acids is 2. The van der Waals surface area contributed by atoms with Gasteiger partial charge in [0.2, 0.25) is 5.91 Å². The molecule has 3 rings (SSSR count). The van der Waals surface area contributed by atoms with Crippen molar-refractivity contribution < 1.29 is 14.3 Å². The first kappa shape index (κ1) is 26.3. The van der Waals surface area contributed by atoms with Gasteiger partial charge in [-0.2, -0.15) is 0 Å². The summed E-state index contributed by atoms with van der Waals surface area (Å²) in [5.41, 5.74) is 2.79. The van der Waals surface area contributed by atoms with E-state index >= 15 is 0 Å². The normalized spacial score (nSPS) is 12.5. The van der Waals surface area contributed by atoms with E-state index in [1.807, 2.05) is 81.4 Å². The third kappa shape index (κ3) is 7.86. The lowest BCUT2D eigenvalue weighted by Crippen LogP contribution is -2.53. The van der Waals surface area contributed by atoms with Crippen LogP contribution in [0.5, 0.6) is 5.75 Å². The number of rotatable bonds is 11. The lowest BCUT2D eigenvalue weighted by Gasteiger charge is -2.32. The second kappa shape index (κ2) is 13.0. The van der Waals surface area contributed by atoms with E-state index in [0.29, 0.717) is 23.7 Å². The predicted molar refractivity (Wildman–Crippen MR) is 141 cm³/mol. The number of amides is 2. The summed E-state index contributed by atoms with van der Waals surface area (Å²) in [6, 6.07) is 24.1. The number of carbonyl (C=O) groups is 2. The molecule has 0 saturated carbocycles. The Kier molecular flexibility index (Phi) is 9.74. The third-order valence-electron chi connectivity index (χ3n) is 5.96. The highest BCUT2D eigenvalue weighted by atomic mass is 35.5. The SMILES string of the molecule is CC[C@H](C)NC(=O)[C@@H](Cc1ccccc1)N(Cc1ccccc1)C(=O)COc1ccc(Cl)c(C)c1. The molecule has 3 aromatic carbocycles. The van der Waals surface area contributed by atoms with Crippen LogP contribution in [0.25, 0.3) is 0 Å². The maximum absolute atomic E-state index is 13.6. The fourth-order valence-electron chi connectivity index (χ4n) is 3.71. The van der Waals surface area contributed by atoms with E-state index in [-0.39, 0.29) is 24.5 Å². The van der Waals surface area contributed by atoms with Gasteiger partial charge in [-0.15, -0.1) is 0 Å². The Morgan fingerprint density at radius 3 is 2.20 bits per heavy atom. The molecule has 0 aliphatic carbocycles. The fraction of sp³-hybridized carbons (Fsp3) is 0.310. The molecule has 2 atom stereocenters. The predicted octanol–water partition coefficient (Wildman–Crippen LogP) is 5.58. The van der Waals surface area contributed by atoms with Gasteiger partial charge in [-0.25, -0.2) is 0 Å². The van der Waals surface area contributed by atoms with Crippen LogP contribution < -0.4 is 10.1 Å². The summed E-state index contributed by atoms with van der Waals surface area (Å²) in [7, 11) is 0. The average molecular weight is 493 g/mol. The smallest absolute Gasteiger partial charge is 0.261 e. The largest absolute Gasteiger partial charge is 0.484 e. The van der Waals surface area contributed by atoms with Gasteiger partial charge in [-0.3, -0.25) is 9.59 Å². The van der Waals surface area contributed by atoms with Crippen LogP contribution in [0.2, 0.25) is 5.02 Å². The van der Waals surface area contributed by atoms with Crippen LogP contribution >= 0.6 is 11.6 Å². The number of nitrogens with zero attached hydrogens (tertiary/aromatic N) is 1. The maximum Gasteiger partial charge on any atom is 0.261 e. The maximum atomic E-state index is 13.6. The van der Waals surface area contributed by atoms with Crippen molar-refractivity contribution in [3.05, 3.63) is 101 Å². The molecule has 0 unspecified atom stereocenters. The van der Waals surface area contributed by atoms with Crippen LogP contribution in [0.4, 0.5) is 0 Å². The van der Waals surface area contributed by atoms with Crippen LogP contribution in [0.3, 0.4) is 0 Å². The highest BCUT2D eigenvalue weighted by Crippen LogP contribution is 2.22. The van der Waals surface area contributed by atoms with E-state index < -0.39 is 6.04 Å². The molecule has 2 amide bonds. The fourth-order valence-corrected chi connectivity index (χ4v) is 3.83. The minimum absolute atomic E-state index is 0.00254.